The number of aromatic nitrogens is 1. The van der Waals surface area contributed by atoms with Crippen molar-refractivity contribution in [2.24, 2.45) is 29.6 Å². The topological polar surface area (TPSA) is 114 Å². The normalized spacial score (nSPS) is 22.1. The molecule has 0 saturated carbocycles. The van der Waals surface area contributed by atoms with Crippen molar-refractivity contribution in [3.05, 3.63) is 57.6 Å². The third kappa shape index (κ3) is 8.17. The minimum atomic E-state index is -1.38. The zero-order valence-corrected chi connectivity index (χ0v) is 27.3. The standard InChI is InChI=1S/C32H46ClFN6O3/c1-9-10-11-25(24(33)16-37-21(3)40-17-20(2)32(6,34)28(18-40)31(4,5)35)38-23-12-13-26-22(14-23)15-27(30(42)39(26)8)43-19-29(41)36-7/h11-16,20,28,38H,9-10,17-19,35H2,1-8H3,(H,36,41)/b24-16+,25-11-,37-21?. The van der Waals surface area contributed by atoms with E-state index in [1.54, 1.807) is 26.2 Å². The van der Waals surface area contributed by atoms with E-state index in [4.69, 9.17) is 22.1 Å². The third-order valence-electron chi connectivity index (χ3n) is 8.26. The lowest BCUT2D eigenvalue weighted by Crippen LogP contribution is -2.63. The summed E-state index contributed by atoms with van der Waals surface area (Å²) in [5.74, 6) is -0.0953. The van der Waals surface area contributed by atoms with Crippen LogP contribution in [0.15, 0.2) is 57.1 Å². The number of anilines is 1. The molecule has 3 unspecified atom stereocenters. The number of unbranched alkanes of at least 4 members (excludes halogenated alkanes) is 1. The number of nitrogens with zero attached hydrogens (tertiary/aromatic N) is 3. The minimum Gasteiger partial charge on any atom is -0.478 e. The molecule has 1 aromatic carbocycles. The highest BCUT2D eigenvalue weighted by Gasteiger charge is 2.50. The predicted molar refractivity (Wildman–Crippen MR) is 174 cm³/mol. The van der Waals surface area contributed by atoms with Gasteiger partial charge < -0.3 is 30.6 Å². The Morgan fingerprint density at radius 3 is 2.65 bits per heavy atom. The van der Waals surface area contributed by atoms with Crippen molar-refractivity contribution >= 4 is 39.9 Å². The number of nitrogens with one attached hydrogen (secondary N) is 2. The molecule has 1 aromatic heterocycles. The van der Waals surface area contributed by atoms with Crippen molar-refractivity contribution in [3.63, 3.8) is 0 Å². The number of aryl methyl sites for hydroxylation is 1. The molecule has 1 amide bonds. The van der Waals surface area contributed by atoms with Crippen LogP contribution in [0.2, 0.25) is 0 Å². The number of aliphatic imine (C=N–C) groups is 1. The number of rotatable bonds is 10. The van der Waals surface area contributed by atoms with E-state index in [0.29, 0.717) is 29.3 Å². The fourth-order valence-corrected chi connectivity index (χ4v) is 5.53. The first kappa shape index (κ1) is 34.1. The van der Waals surface area contributed by atoms with Gasteiger partial charge in [0.15, 0.2) is 12.4 Å². The summed E-state index contributed by atoms with van der Waals surface area (Å²) in [6.07, 6.45) is 5.34. The van der Waals surface area contributed by atoms with Crippen molar-refractivity contribution in [1.82, 2.24) is 14.8 Å². The van der Waals surface area contributed by atoms with Gasteiger partial charge in [-0.05, 0) is 58.4 Å². The van der Waals surface area contributed by atoms with Gasteiger partial charge in [-0.2, -0.15) is 0 Å². The van der Waals surface area contributed by atoms with Gasteiger partial charge in [0.25, 0.3) is 11.5 Å². The summed E-state index contributed by atoms with van der Waals surface area (Å²) in [5, 5.41) is 7.03. The summed E-state index contributed by atoms with van der Waals surface area (Å²) in [5.41, 5.74) is 6.13. The lowest BCUT2D eigenvalue weighted by atomic mass is 9.69. The Kier molecular flexibility index (Phi) is 11.1. The second kappa shape index (κ2) is 13.9. The number of halogens is 2. The molecule has 2 heterocycles. The van der Waals surface area contributed by atoms with Gasteiger partial charge in [0.05, 0.1) is 16.2 Å². The second-order valence-corrected chi connectivity index (χ2v) is 12.5. The van der Waals surface area contributed by atoms with Crippen LogP contribution in [0.4, 0.5) is 10.1 Å². The minimum absolute atomic E-state index is 0.0839. The number of pyridine rings is 1. The number of likely N-dealkylation sites (N-methyl/N-ethyl adjacent to an activating group) is 1. The molecule has 1 fully saturated rings. The van der Waals surface area contributed by atoms with E-state index in [-0.39, 0.29) is 35.7 Å². The van der Waals surface area contributed by atoms with E-state index < -0.39 is 11.2 Å². The Morgan fingerprint density at radius 2 is 2.02 bits per heavy atom. The van der Waals surface area contributed by atoms with Crippen molar-refractivity contribution < 1.29 is 13.9 Å². The van der Waals surface area contributed by atoms with Crippen LogP contribution in [0.1, 0.15) is 54.4 Å². The fourth-order valence-electron chi connectivity index (χ4n) is 5.36. The number of fused-ring (bicyclic) bond motifs is 1. The predicted octanol–water partition coefficient (Wildman–Crippen LogP) is 5.29. The summed E-state index contributed by atoms with van der Waals surface area (Å²) in [7, 11) is 3.16. The van der Waals surface area contributed by atoms with Gasteiger partial charge in [0.2, 0.25) is 0 Å². The number of amidine groups is 1. The number of amides is 1. The highest BCUT2D eigenvalue weighted by Crippen LogP contribution is 2.41. The number of allylic oxidation sites excluding steroid dienone is 2. The maximum Gasteiger partial charge on any atom is 0.293 e. The van der Waals surface area contributed by atoms with Crippen LogP contribution in [-0.4, -0.2) is 59.2 Å². The molecule has 11 heteroatoms. The average molecular weight is 617 g/mol. The van der Waals surface area contributed by atoms with Crippen LogP contribution in [0, 0.1) is 11.8 Å². The first-order valence-electron chi connectivity index (χ1n) is 14.7. The molecule has 3 rings (SSSR count). The number of benzene rings is 1. The fraction of sp³-hybridized carbons (Fsp3) is 0.531. The molecule has 0 aliphatic carbocycles. The number of alkyl halides is 1. The quantitative estimate of drug-likeness (QED) is 0.190. The Hall–Kier alpha value is -3.37. The van der Waals surface area contributed by atoms with Gasteiger partial charge in [0, 0.05) is 61.8 Å². The van der Waals surface area contributed by atoms with E-state index in [1.807, 2.05) is 52.0 Å². The van der Waals surface area contributed by atoms with E-state index in [1.165, 1.54) is 11.6 Å². The van der Waals surface area contributed by atoms with Crippen molar-refractivity contribution in [3.8, 4) is 5.75 Å². The summed E-state index contributed by atoms with van der Waals surface area (Å²) in [6, 6.07) is 7.22. The monoisotopic (exact) mass is 616 g/mol. The van der Waals surface area contributed by atoms with E-state index >= 15 is 4.39 Å². The molecular formula is C32H46ClFN6O3. The Bertz CT molecular complexity index is 1470. The summed E-state index contributed by atoms with van der Waals surface area (Å²) in [4.78, 5) is 31.1. The number of carbonyl (C=O) groups excluding carboxylic acids is 1. The van der Waals surface area contributed by atoms with Crippen molar-refractivity contribution in [1.29, 1.82) is 0 Å². The molecule has 2 aromatic rings. The Labute approximate surface area is 259 Å². The zero-order chi connectivity index (χ0) is 32.1. The highest BCUT2D eigenvalue weighted by atomic mass is 35.5. The van der Waals surface area contributed by atoms with Gasteiger partial charge in [-0.25, -0.2) is 9.38 Å². The van der Waals surface area contributed by atoms with Crippen LogP contribution in [0.3, 0.4) is 0 Å². The number of piperidine rings is 1. The summed E-state index contributed by atoms with van der Waals surface area (Å²) in [6.45, 7) is 12.0. The van der Waals surface area contributed by atoms with Gasteiger partial charge in [-0.15, -0.1) is 0 Å². The number of carbonyl (C=O) groups is 1. The van der Waals surface area contributed by atoms with Crippen LogP contribution in [0.5, 0.6) is 5.75 Å². The first-order chi connectivity index (χ1) is 20.1. The molecule has 43 heavy (non-hydrogen) atoms. The van der Waals surface area contributed by atoms with E-state index in [9.17, 15) is 9.59 Å². The van der Waals surface area contributed by atoms with Gasteiger partial charge in [0.1, 0.15) is 11.5 Å². The molecule has 1 aliphatic rings. The maximum absolute atomic E-state index is 15.6. The molecule has 0 bridgehead atoms. The summed E-state index contributed by atoms with van der Waals surface area (Å²) < 4.78 is 22.6. The van der Waals surface area contributed by atoms with E-state index in [2.05, 4.69) is 27.4 Å². The molecule has 236 valence electrons. The molecule has 0 radical (unpaired) electrons. The molecule has 3 atom stereocenters. The third-order valence-corrected chi connectivity index (χ3v) is 8.57. The Morgan fingerprint density at radius 1 is 1.33 bits per heavy atom. The molecule has 4 N–H and O–H groups in total. The zero-order valence-electron chi connectivity index (χ0n) is 26.6. The van der Waals surface area contributed by atoms with Crippen LogP contribution >= 0.6 is 11.6 Å². The second-order valence-electron chi connectivity index (χ2n) is 12.1. The lowest BCUT2D eigenvalue weighted by molar-refractivity contribution is -0.122. The van der Waals surface area contributed by atoms with E-state index in [0.717, 1.165) is 29.8 Å². The van der Waals surface area contributed by atoms with Gasteiger partial charge in [-0.1, -0.05) is 37.9 Å². The van der Waals surface area contributed by atoms with Crippen molar-refractivity contribution in [2.45, 2.75) is 65.6 Å². The smallest absolute Gasteiger partial charge is 0.293 e. The lowest BCUT2D eigenvalue weighted by Gasteiger charge is -2.50. The first-order valence-corrected chi connectivity index (χ1v) is 15.0. The summed E-state index contributed by atoms with van der Waals surface area (Å²) >= 11 is 6.79. The van der Waals surface area contributed by atoms with Crippen LogP contribution in [0.25, 0.3) is 10.9 Å². The molecule has 9 nitrogen and oxygen atoms in total. The Balaban J connectivity index is 1.88. The SMILES string of the molecule is CCC/C=C(Nc1ccc2c(c1)cc(OCC(=O)NC)c(=O)n2C)/C(Cl)=C\N=C(C)N1CC(C)C(C)(F)C(C(C)(C)N)C1. The average Bonchev–Trinajstić information content (AvgIpc) is 2.95. The number of likely N-dealkylation sites (tertiary alicyclic amines) is 1. The number of hydrogen-bond acceptors (Lipinski definition) is 6. The molecule has 0 spiro atoms. The number of nitrogens with two attached hydrogens (primary N) is 1. The van der Waals surface area contributed by atoms with Crippen LogP contribution in [-0.2, 0) is 11.8 Å². The highest BCUT2D eigenvalue weighted by molar-refractivity contribution is 6.32. The molecular weight excluding hydrogens is 571 g/mol. The van der Waals surface area contributed by atoms with Crippen LogP contribution < -0.4 is 26.7 Å². The number of hydrogen-bond donors (Lipinski definition) is 3. The molecule has 1 saturated heterocycles. The maximum atomic E-state index is 15.6. The van der Waals surface area contributed by atoms with Gasteiger partial charge in [-0.3, -0.25) is 9.59 Å². The van der Waals surface area contributed by atoms with Crippen molar-refractivity contribution in [2.75, 3.05) is 32.1 Å². The number of ether oxygens (including phenoxy) is 1. The van der Waals surface area contributed by atoms with Gasteiger partial charge >= 0.3 is 0 Å². The largest absolute Gasteiger partial charge is 0.478 e. The molecule has 1 aliphatic heterocycles.